The van der Waals surface area contributed by atoms with E-state index in [0.717, 1.165) is 22.0 Å². The Balaban J connectivity index is 1.53. The molecule has 31 heavy (non-hydrogen) atoms. The van der Waals surface area contributed by atoms with Crippen LogP contribution in [-0.4, -0.2) is 26.6 Å². The monoisotopic (exact) mass is 408 g/mol. The number of benzene rings is 2. The summed E-state index contributed by atoms with van der Waals surface area (Å²) in [5, 5.41) is 20.4. The molecule has 8 heteroatoms. The second-order valence-electron chi connectivity index (χ2n) is 7.30. The first-order valence-electron chi connectivity index (χ1n) is 9.62. The molecule has 8 nitrogen and oxygen atoms in total. The van der Waals surface area contributed by atoms with Crippen LogP contribution in [0.25, 0.3) is 16.7 Å². The molecule has 1 aliphatic rings. The molecule has 0 saturated carbocycles. The van der Waals surface area contributed by atoms with E-state index in [1.54, 1.807) is 18.2 Å². The molecule has 5 rings (SSSR count). The van der Waals surface area contributed by atoms with Gasteiger partial charge in [0.15, 0.2) is 11.6 Å². The molecule has 0 fully saturated rings. The lowest BCUT2D eigenvalue weighted by atomic mass is 10.1. The molecule has 2 aromatic carbocycles. The number of carbonyl (C=O) groups excluding carboxylic acids is 2. The van der Waals surface area contributed by atoms with E-state index in [9.17, 15) is 14.9 Å². The van der Waals surface area contributed by atoms with Gasteiger partial charge in [-0.3, -0.25) is 9.59 Å². The maximum Gasteiger partial charge on any atom is 0.256 e. The molecule has 4 aromatic rings. The molecule has 150 valence electrons. The molecular weight excluding hydrogens is 392 g/mol. The van der Waals surface area contributed by atoms with Crippen molar-refractivity contribution in [2.45, 2.75) is 13.3 Å². The van der Waals surface area contributed by atoms with Gasteiger partial charge in [0.25, 0.3) is 5.91 Å². The van der Waals surface area contributed by atoms with Crippen molar-refractivity contribution in [1.29, 1.82) is 5.26 Å². The number of rotatable bonds is 3. The highest BCUT2D eigenvalue weighted by Gasteiger charge is 2.21. The number of nitrogens with zero attached hydrogens (tertiary/aromatic N) is 4. The maximum atomic E-state index is 12.9. The number of carbonyl (C=O) groups is 2. The van der Waals surface area contributed by atoms with Gasteiger partial charge in [-0.1, -0.05) is 18.2 Å². The first-order chi connectivity index (χ1) is 15.0. The smallest absolute Gasteiger partial charge is 0.256 e. The van der Waals surface area contributed by atoms with Crippen LogP contribution in [0, 0.1) is 18.3 Å². The van der Waals surface area contributed by atoms with Gasteiger partial charge in [-0.05, 0) is 48.4 Å². The largest absolute Gasteiger partial charge is 0.326 e. The minimum atomic E-state index is -0.405. The summed E-state index contributed by atoms with van der Waals surface area (Å²) in [6.45, 7) is 1.97. The lowest BCUT2D eigenvalue weighted by molar-refractivity contribution is -0.115. The molecule has 2 N–H and O–H groups in total. The van der Waals surface area contributed by atoms with E-state index < -0.39 is 5.91 Å². The number of amides is 2. The summed E-state index contributed by atoms with van der Waals surface area (Å²) >= 11 is 0. The molecule has 0 atom stereocenters. The molecule has 0 unspecified atom stereocenters. The number of fused-ring (bicyclic) bond motifs is 2. The van der Waals surface area contributed by atoms with Crippen LogP contribution in [-0.2, 0) is 11.2 Å². The van der Waals surface area contributed by atoms with Gasteiger partial charge in [-0.25, -0.2) is 4.98 Å². The van der Waals surface area contributed by atoms with Crippen LogP contribution in [0.2, 0.25) is 0 Å². The van der Waals surface area contributed by atoms with Crippen molar-refractivity contribution in [2.75, 3.05) is 10.6 Å². The molecule has 1 aliphatic heterocycles. The van der Waals surface area contributed by atoms with Gasteiger partial charge in [-0.15, -0.1) is 0 Å². The normalized spacial score (nSPS) is 12.3. The molecular formula is C23H16N6O2. The Morgan fingerprint density at radius 3 is 2.90 bits per heavy atom. The van der Waals surface area contributed by atoms with Gasteiger partial charge in [-0.2, -0.15) is 15.0 Å². The average molecular weight is 408 g/mol. The van der Waals surface area contributed by atoms with E-state index in [4.69, 9.17) is 0 Å². The van der Waals surface area contributed by atoms with Crippen LogP contribution in [0.5, 0.6) is 0 Å². The summed E-state index contributed by atoms with van der Waals surface area (Å²) in [5.41, 5.74) is 3.87. The standard InChI is InChI=1S/C23H16N6O2/c1-13-8-20(26-19-5-3-2-4-17(13)19)29-22(16(11-24)12-25-29)28-23(31)14-6-7-18-15(9-14)10-21(30)27-18/h2-9,12H,10H2,1H3,(H,27,30)(H,28,31). The second kappa shape index (κ2) is 7.07. The van der Waals surface area contributed by atoms with Gasteiger partial charge in [0.05, 0.1) is 18.1 Å². The molecule has 0 radical (unpaired) electrons. The summed E-state index contributed by atoms with van der Waals surface area (Å²) in [7, 11) is 0. The van der Waals surface area contributed by atoms with Crippen molar-refractivity contribution in [3.8, 4) is 11.9 Å². The Morgan fingerprint density at radius 1 is 1.23 bits per heavy atom. The van der Waals surface area contributed by atoms with Crippen molar-refractivity contribution in [1.82, 2.24) is 14.8 Å². The van der Waals surface area contributed by atoms with Crippen LogP contribution in [0.1, 0.15) is 27.0 Å². The summed E-state index contributed by atoms with van der Waals surface area (Å²) in [5.74, 6) is 0.231. The van der Waals surface area contributed by atoms with Gasteiger partial charge in [0.2, 0.25) is 5.91 Å². The molecule has 0 spiro atoms. The van der Waals surface area contributed by atoms with Gasteiger partial charge < -0.3 is 10.6 Å². The van der Waals surface area contributed by atoms with E-state index in [2.05, 4.69) is 26.8 Å². The minimum absolute atomic E-state index is 0.102. The Hall–Kier alpha value is -4.51. The Labute approximate surface area is 177 Å². The number of pyridine rings is 1. The summed E-state index contributed by atoms with van der Waals surface area (Å²) in [4.78, 5) is 29.2. The van der Waals surface area contributed by atoms with E-state index in [-0.39, 0.29) is 23.7 Å². The highest BCUT2D eigenvalue weighted by molar-refractivity contribution is 6.06. The lowest BCUT2D eigenvalue weighted by Gasteiger charge is -2.11. The van der Waals surface area contributed by atoms with Gasteiger partial charge in [0.1, 0.15) is 11.6 Å². The van der Waals surface area contributed by atoms with Crippen LogP contribution < -0.4 is 10.6 Å². The van der Waals surface area contributed by atoms with Gasteiger partial charge in [0, 0.05) is 16.6 Å². The predicted molar refractivity (Wildman–Crippen MR) is 115 cm³/mol. The molecule has 2 amide bonds. The fourth-order valence-corrected chi connectivity index (χ4v) is 3.71. The molecule has 0 aliphatic carbocycles. The molecule has 0 bridgehead atoms. The number of anilines is 2. The van der Waals surface area contributed by atoms with Crippen molar-refractivity contribution >= 4 is 34.2 Å². The summed E-state index contributed by atoms with van der Waals surface area (Å²) in [6, 6.07) is 16.7. The zero-order chi connectivity index (χ0) is 21.5. The van der Waals surface area contributed by atoms with E-state index >= 15 is 0 Å². The minimum Gasteiger partial charge on any atom is -0.326 e. The quantitative estimate of drug-likeness (QED) is 0.540. The third-order valence-electron chi connectivity index (χ3n) is 5.24. The lowest BCUT2D eigenvalue weighted by Crippen LogP contribution is -2.16. The van der Waals surface area contributed by atoms with E-state index in [1.807, 2.05) is 37.3 Å². The van der Waals surface area contributed by atoms with E-state index in [1.165, 1.54) is 10.9 Å². The van der Waals surface area contributed by atoms with Crippen molar-refractivity contribution in [2.24, 2.45) is 0 Å². The van der Waals surface area contributed by atoms with Crippen molar-refractivity contribution < 1.29 is 9.59 Å². The maximum absolute atomic E-state index is 12.9. The number of para-hydroxylation sites is 1. The van der Waals surface area contributed by atoms with Crippen LogP contribution in [0.15, 0.2) is 54.7 Å². The third-order valence-corrected chi connectivity index (χ3v) is 5.24. The van der Waals surface area contributed by atoms with Crippen molar-refractivity contribution in [3.63, 3.8) is 0 Å². The highest BCUT2D eigenvalue weighted by atomic mass is 16.2. The average Bonchev–Trinajstić information content (AvgIpc) is 3.35. The number of nitrogens with one attached hydrogen (secondary N) is 2. The first kappa shape index (κ1) is 18.5. The van der Waals surface area contributed by atoms with E-state index in [0.29, 0.717) is 17.1 Å². The van der Waals surface area contributed by atoms with Gasteiger partial charge >= 0.3 is 0 Å². The number of hydrogen-bond acceptors (Lipinski definition) is 5. The number of hydrogen-bond donors (Lipinski definition) is 2. The Morgan fingerprint density at radius 2 is 2.06 bits per heavy atom. The molecule has 0 saturated heterocycles. The predicted octanol–water partition coefficient (Wildman–Crippen LogP) is 3.35. The molecule has 2 aromatic heterocycles. The SMILES string of the molecule is Cc1cc(-n2ncc(C#N)c2NC(=O)c2ccc3c(c2)CC(=O)N3)nc2ccccc12. The second-order valence-corrected chi connectivity index (χ2v) is 7.30. The zero-order valence-electron chi connectivity index (χ0n) is 16.5. The highest BCUT2D eigenvalue weighted by Crippen LogP contribution is 2.26. The number of aryl methyl sites for hydroxylation is 1. The fourth-order valence-electron chi connectivity index (χ4n) is 3.71. The van der Waals surface area contributed by atoms with Crippen LogP contribution in [0.3, 0.4) is 0 Å². The van der Waals surface area contributed by atoms with Crippen LogP contribution >= 0.6 is 0 Å². The summed E-state index contributed by atoms with van der Waals surface area (Å²) < 4.78 is 1.45. The van der Waals surface area contributed by atoms with Crippen LogP contribution in [0.4, 0.5) is 11.5 Å². The topological polar surface area (TPSA) is 113 Å². The Kier molecular flexibility index (Phi) is 4.22. The molecule has 3 heterocycles. The fraction of sp³-hybridized carbons (Fsp3) is 0.0870. The number of aromatic nitrogens is 3. The summed E-state index contributed by atoms with van der Waals surface area (Å²) in [6.07, 6.45) is 1.63. The Bertz CT molecular complexity index is 1430. The number of nitriles is 1. The third kappa shape index (κ3) is 3.18. The first-order valence-corrected chi connectivity index (χ1v) is 9.62. The van der Waals surface area contributed by atoms with Crippen molar-refractivity contribution in [3.05, 3.63) is 77.0 Å². The zero-order valence-corrected chi connectivity index (χ0v) is 16.5.